The lowest BCUT2D eigenvalue weighted by molar-refractivity contribution is 0.0696. The van der Waals surface area contributed by atoms with Crippen molar-refractivity contribution in [3.05, 3.63) is 35.4 Å². The van der Waals surface area contributed by atoms with Gasteiger partial charge in [-0.05, 0) is 17.7 Å². The number of carbonyl (C=O) groups is 2. The van der Waals surface area contributed by atoms with Gasteiger partial charge in [-0.2, -0.15) is 0 Å². The molecule has 0 saturated carbocycles. The van der Waals surface area contributed by atoms with Gasteiger partial charge in [0.15, 0.2) is 0 Å². The minimum atomic E-state index is -1.65. The van der Waals surface area contributed by atoms with Crippen LogP contribution in [0.5, 0.6) is 0 Å². The van der Waals surface area contributed by atoms with Crippen molar-refractivity contribution in [2.75, 3.05) is 6.61 Å². The van der Waals surface area contributed by atoms with E-state index in [2.05, 4.69) is 10.1 Å². The molecule has 0 aliphatic carbocycles. The summed E-state index contributed by atoms with van der Waals surface area (Å²) in [6.07, 6.45) is -0.728. The zero-order valence-electron chi connectivity index (χ0n) is 9.53. The normalized spacial score (nSPS) is 10.9. The summed E-state index contributed by atoms with van der Waals surface area (Å²) in [5.41, 5.74) is 0.887. The maximum absolute atomic E-state index is 11.2. The average Bonchev–Trinajstić information content (AvgIpc) is 2.33. The second-order valence-corrected chi connectivity index (χ2v) is 6.06. The molecule has 0 fully saturated rings. The summed E-state index contributed by atoms with van der Waals surface area (Å²) in [5.74, 6) is -1.01. The third-order valence-electron chi connectivity index (χ3n) is 2.00. The average molecular weight is 327 g/mol. The van der Waals surface area contributed by atoms with E-state index in [9.17, 15) is 9.59 Å². The monoisotopic (exact) mass is 325 g/mol. The van der Waals surface area contributed by atoms with Crippen LogP contribution in [0, 0.1) is 0 Å². The van der Waals surface area contributed by atoms with Crippen molar-refractivity contribution in [1.29, 1.82) is 0 Å². The topological polar surface area (TPSA) is 75.6 Å². The number of aromatic carboxylic acids is 1. The summed E-state index contributed by atoms with van der Waals surface area (Å²) in [6.45, 7) is -0.181. The highest BCUT2D eigenvalue weighted by molar-refractivity contribution is 6.67. The minimum Gasteiger partial charge on any atom is -0.478 e. The van der Waals surface area contributed by atoms with Gasteiger partial charge in [-0.15, -0.1) is 0 Å². The molecule has 1 amide bonds. The van der Waals surface area contributed by atoms with E-state index in [0.29, 0.717) is 0 Å². The summed E-state index contributed by atoms with van der Waals surface area (Å²) in [7, 11) is 0. The van der Waals surface area contributed by atoms with Crippen LogP contribution in [0.2, 0.25) is 0 Å². The number of halogens is 3. The molecule has 5 nitrogen and oxygen atoms in total. The van der Waals surface area contributed by atoms with Gasteiger partial charge in [0.1, 0.15) is 6.61 Å². The van der Waals surface area contributed by atoms with E-state index in [1.165, 1.54) is 12.1 Å². The van der Waals surface area contributed by atoms with E-state index >= 15 is 0 Å². The Balaban J connectivity index is 2.40. The summed E-state index contributed by atoms with van der Waals surface area (Å²) in [5, 5.41) is 11.1. The molecule has 1 aromatic carbocycles. The number of benzene rings is 1. The Kier molecular flexibility index (Phi) is 5.72. The molecule has 19 heavy (non-hydrogen) atoms. The first-order valence-corrected chi connectivity index (χ1v) is 6.21. The predicted octanol–water partition coefficient (Wildman–Crippen LogP) is 2.98. The number of amides is 1. The number of hydrogen-bond donors (Lipinski definition) is 2. The van der Waals surface area contributed by atoms with Crippen LogP contribution in [0.15, 0.2) is 24.3 Å². The molecule has 8 heteroatoms. The highest BCUT2D eigenvalue weighted by atomic mass is 35.6. The molecule has 104 valence electrons. The van der Waals surface area contributed by atoms with Crippen molar-refractivity contribution in [1.82, 2.24) is 5.32 Å². The number of hydrogen-bond acceptors (Lipinski definition) is 3. The summed E-state index contributed by atoms with van der Waals surface area (Å²) >= 11 is 16.2. The van der Waals surface area contributed by atoms with Crippen LogP contribution in [-0.2, 0) is 11.3 Å². The smallest absolute Gasteiger partial charge is 0.407 e. The van der Waals surface area contributed by atoms with Gasteiger partial charge in [-0.3, -0.25) is 0 Å². The maximum atomic E-state index is 11.2. The highest BCUT2D eigenvalue weighted by Gasteiger charge is 2.21. The first-order valence-electron chi connectivity index (χ1n) is 5.07. The van der Waals surface area contributed by atoms with Gasteiger partial charge < -0.3 is 15.2 Å². The van der Waals surface area contributed by atoms with Crippen LogP contribution in [0.25, 0.3) is 0 Å². The largest absolute Gasteiger partial charge is 0.478 e. The number of alkyl halides is 3. The molecule has 1 rings (SSSR count). The Labute approximate surface area is 124 Å². The molecule has 0 bridgehead atoms. The summed E-state index contributed by atoms with van der Waals surface area (Å²) in [4.78, 5) is 21.9. The zero-order valence-corrected chi connectivity index (χ0v) is 11.8. The second kappa shape index (κ2) is 6.84. The fourth-order valence-electron chi connectivity index (χ4n) is 1.14. The second-order valence-electron chi connectivity index (χ2n) is 3.55. The number of carbonyl (C=O) groups excluding carboxylic acids is 1. The van der Waals surface area contributed by atoms with Crippen LogP contribution in [-0.4, -0.2) is 27.6 Å². The van der Waals surface area contributed by atoms with Crippen molar-refractivity contribution in [3.63, 3.8) is 0 Å². The van der Waals surface area contributed by atoms with Crippen LogP contribution in [0.1, 0.15) is 15.9 Å². The van der Waals surface area contributed by atoms with Gasteiger partial charge in [-0.1, -0.05) is 46.9 Å². The van der Waals surface area contributed by atoms with E-state index in [1.807, 2.05) is 0 Å². The number of nitrogens with one attached hydrogen (secondary N) is 1. The molecule has 0 spiro atoms. The lowest BCUT2D eigenvalue weighted by atomic mass is 10.1. The maximum Gasteiger partial charge on any atom is 0.407 e. The lowest BCUT2D eigenvalue weighted by Gasteiger charge is -2.12. The van der Waals surface area contributed by atoms with E-state index in [1.54, 1.807) is 12.1 Å². The Bertz CT molecular complexity index is 456. The SMILES string of the molecule is O=C(NCc1ccc(C(=O)O)cc1)OCC(Cl)(Cl)Cl. The third-order valence-corrected chi connectivity index (χ3v) is 2.33. The zero-order chi connectivity index (χ0) is 14.5. The molecule has 0 unspecified atom stereocenters. The molecule has 0 saturated heterocycles. The van der Waals surface area contributed by atoms with Gasteiger partial charge in [0.2, 0.25) is 3.79 Å². The van der Waals surface area contributed by atoms with Gasteiger partial charge in [-0.25, -0.2) is 9.59 Å². The molecular formula is C11H10Cl3NO4. The van der Waals surface area contributed by atoms with Crippen molar-refractivity contribution in [2.24, 2.45) is 0 Å². The fraction of sp³-hybridized carbons (Fsp3) is 0.273. The van der Waals surface area contributed by atoms with Gasteiger partial charge in [0.25, 0.3) is 0 Å². The summed E-state index contributed by atoms with van der Waals surface area (Å²) in [6, 6.07) is 6.04. The van der Waals surface area contributed by atoms with E-state index in [0.717, 1.165) is 5.56 Å². The molecule has 0 aromatic heterocycles. The van der Waals surface area contributed by atoms with Crippen molar-refractivity contribution in [2.45, 2.75) is 10.3 Å². The Morgan fingerprint density at radius 2 is 1.79 bits per heavy atom. The van der Waals surface area contributed by atoms with Crippen molar-refractivity contribution in [3.8, 4) is 0 Å². The Morgan fingerprint density at radius 3 is 2.26 bits per heavy atom. The fourth-order valence-corrected chi connectivity index (χ4v) is 1.30. The Hall–Kier alpha value is -1.17. The number of carboxylic acid groups (broad SMARTS) is 1. The molecule has 0 aliphatic heterocycles. The van der Waals surface area contributed by atoms with Crippen LogP contribution in [0.3, 0.4) is 0 Å². The standard InChI is InChI=1S/C11H10Cl3NO4/c12-11(13,14)6-19-10(18)15-5-7-1-3-8(4-2-7)9(16)17/h1-4H,5-6H2,(H,15,18)(H,16,17). The van der Waals surface area contributed by atoms with Crippen LogP contribution >= 0.6 is 34.8 Å². The molecule has 0 radical (unpaired) electrons. The molecular weight excluding hydrogens is 316 g/mol. The number of ether oxygens (including phenoxy) is 1. The minimum absolute atomic E-state index is 0.169. The third kappa shape index (κ3) is 6.52. The molecule has 1 aromatic rings. The summed E-state index contributed by atoms with van der Waals surface area (Å²) < 4.78 is 3.00. The van der Waals surface area contributed by atoms with Gasteiger partial charge in [0, 0.05) is 6.54 Å². The van der Waals surface area contributed by atoms with E-state index < -0.39 is 15.9 Å². The van der Waals surface area contributed by atoms with Crippen molar-refractivity contribution >= 4 is 46.9 Å². The molecule has 2 N–H and O–H groups in total. The van der Waals surface area contributed by atoms with Gasteiger partial charge in [0.05, 0.1) is 5.56 Å². The van der Waals surface area contributed by atoms with Gasteiger partial charge >= 0.3 is 12.1 Å². The number of rotatable bonds is 4. The van der Waals surface area contributed by atoms with Crippen LogP contribution in [0.4, 0.5) is 4.79 Å². The number of carboxylic acids is 1. The lowest BCUT2D eigenvalue weighted by Crippen LogP contribution is -2.27. The van der Waals surface area contributed by atoms with Crippen LogP contribution < -0.4 is 5.32 Å². The first kappa shape index (κ1) is 15.9. The van der Waals surface area contributed by atoms with E-state index in [-0.39, 0.29) is 18.7 Å². The first-order chi connectivity index (χ1) is 8.78. The molecule has 0 aliphatic rings. The van der Waals surface area contributed by atoms with E-state index in [4.69, 9.17) is 39.9 Å². The predicted molar refractivity (Wildman–Crippen MR) is 71.9 cm³/mol. The van der Waals surface area contributed by atoms with Crippen molar-refractivity contribution < 1.29 is 19.4 Å². The molecule has 0 heterocycles. The quantitative estimate of drug-likeness (QED) is 0.834. The molecule has 0 atom stereocenters. The highest BCUT2D eigenvalue weighted by Crippen LogP contribution is 2.25. The Morgan fingerprint density at radius 1 is 1.21 bits per heavy atom. The number of alkyl carbamates (subject to hydrolysis) is 1.